The highest BCUT2D eigenvalue weighted by Crippen LogP contribution is 2.34. The topological polar surface area (TPSA) is 61.5 Å². The lowest BCUT2D eigenvalue weighted by molar-refractivity contribution is -0.144. The number of hydrogen-bond acceptors (Lipinski definition) is 4. The van der Waals surface area contributed by atoms with E-state index in [9.17, 15) is 4.79 Å². The standard InChI is InChI=1S/C8H15NO3/c1-11-6-3-8(9,4-6)5-7(10)12-2/h6H,3-5,9H2,1-2H3. The van der Waals surface area contributed by atoms with Crippen LogP contribution in [0.1, 0.15) is 19.3 Å². The molecule has 2 N–H and O–H groups in total. The van der Waals surface area contributed by atoms with Crippen LogP contribution >= 0.6 is 0 Å². The zero-order valence-electron chi connectivity index (χ0n) is 7.50. The smallest absolute Gasteiger partial charge is 0.307 e. The normalized spacial score (nSPS) is 34.1. The highest BCUT2D eigenvalue weighted by molar-refractivity contribution is 5.71. The van der Waals surface area contributed by atoms with Crippen LogP contribution in [0.2, 0.25) is 0 Å². The molecule has 1 saturated carbocycles. The summed E-state index contributed by atoms with van der Waals surface area (Å²) in [5, 5.41) is 0. The summed E-state index contributed by atoms with van der Waals surface area (Å²) in [6.45, 7) is 0. The second kappa shape index (κ2) is 3.41. The predicted molar refractivity (Wildman–Crippen MR) is 43.6 cm³/mol. The molecule has 0 radical (unpaired) electrons. The number of carbonyl (C=O) groups is 1. The van der Waals surface area contributed by atoms with Crippen molar-refractivity contribution in [2.24, 2.45) is 5.73 Å². The van der Waals surface area contributed by atoms with Gasteiger partial charge in [-0.3, -0.25) is 4.79 Å². The van der Waals surface area contributed by atoms with Crippen LogP contribution in [-0.4, -0.2) is 31.8 Å². The van der Waals surface area contributed by atoms with Crippen LogP contribution in [0.3, 0.4) is 0 Å². The number of ether oxygens (including phenoxy) is 2. The summed E-state index contributed by atoms with van der Waals surface area (Å²) in [7, 11) is 3.03. The molecule has 70 valence electrons. The predicted octanol–water partition coefficient (Wildman–Crippen LogP) is 0.0558. The fourth-order valence-corrected chi connectivity index (χ4v) is 1.52. The Labute approximate surface area is 72.0 Å². The van der Waals surface area contributed by atoms with Crippen LogP contribution in [0.5, 0.6) is 0 Å². The molecule has 1 aliphatic rings. The van der Waals surface area contributed by atoms with Crippen molar-refractivity contribution in [2.45, 2.75) is 30.9 Å². The van der Waals surface area contributed by atoms with Gasteiger partial charge in [0, 0.05) is 12.6 Å². The summed E-state index contributed by atoms with van der Waals surface area (Å²) in [4.78, 5) is 10.9. The first-order valence-electron chi connectivity index (χ1n) is 3.98. The average Bonchev–Trinajstić information content (AvgIpc) is 1.99. The highest BCUT2D eigenvalue weighted by Gasteiger charge is 2.42. The van der Waals surface area contributed by atoms with Crippen LogP contribution in [0, 0.1) is 0 Å². The summed E-state index contributed by atoms with van der Waals surface area (Å²) in [6, 6.07) is 0. The van der Waals surface area contributed by atoms with E-state index in [0.717, 1.165) is 12.8 Å². The van der Waals surface area contributed by atoms with Gasteiger partial charge in [0.1, 0.15) is 0 Å². The third-order valence-electron chi connectivity index (χ3n) is 2.33. The maximum atomic E-state index is 10.9. The molecule has 0 aliphatic heterocycles. The molecule has 0 aromatic carbocycles. The molecule has 4 nitrogen and oxygen atoms in total. The molecule has 1 rings (SSSR count). The first kappa shape index (κ1) is 9.48. The third kappa shape index (κ3) is 1.95. The quantitative estimate of drug-likeness (QED) is 0.613. The molecule has 1 fully saturated rings. The van der Waals surface area contributed by atoms with Crippen molar-refractivity contribution in [1.29, 1.82) is 0 Å². The monoisotopic (exact) mass is 173 g/mol. The minimum atomic E-state index is -0.381. The Bertz CT molecular complexity index is 175. The Morgan fingerprint density at radius 1 is 1.58 bits per heavy atom. The molecule has 12 heavy (non-hydrogen) atoms. The maximum absolute atomic E-state index is 10.9. The van der Waals surface area contributed by atoms with Gasteiger partial charge in [-0.2, -0.15) is 0 Å². The van der Waals surface area contributed by atoms with E-state index < -0.39 is 0 Å². The van der Waals surface area contributed by atoms with Crippen molar-refractivity contribution in [2.75, 3.05) is 14.2 Å². The number of carbonyl (C=O) groups excluding carboxylic acids is 1. The molecule has 0 atom stereocenters. The summed E-state index contributed by atoms with van der Waals surface area (Å²) in [5.41, 5.74) is 5.48. The van der Waals surface area contributed by atoms with Crippen molar-refractivity contribution in [3.63, 3.8) is 0 Å². The largest absolute Gasteiger partial charge is 0.469 e. The van der Waals surface area contributed by atoms with Gasteiger partial charge in [0.2, 0.25) is 0 Å². The molecule has 0 amide bonds. The number of methoxy groups -OCH3 is 2. The summed E-state index contributed by atoms with van der Waals surface area (Å²) in [6.07, 6.45) is 2.01. The van der Waals surface area contributed by atoms with Gasteiger partial charge in [-0.1, -0.05) is 0 Å². The van der Waals surface area contributed by atoms with E-state index in [0.29, 0.717) is 6.42 Å². The molecule has 1 aliphatic carbocycles. The second-order valence-electron chi connectivity index (χ2n) is 3.38. The zero-order chi connectivity index (χ0) is 9.19. The van der Waals surface area contributed by atoms with Gasteiger partial charge < -0.3 is 15.2 Å². The average molecular weight is 173 g/mol. The zero-order valence-corrected chi connectivity index (χ0v) is 7.50. The lowest BCUT2D eigenvalue weighted by Gasteiger charge is -2.43. The van der Waals surface area contributed by atoms with Crippen LogP contribution < -0.4 is 5.73 Å². The van der Waals surface area contributed by atoms with E-state index in [1.165, 1.54) is 7.11 Å². The van der Waals surface area contributed by atoms with E-state index in [2.05, 4.69) is 4.74 Å². The molecule has 0 aromatic heterocycles. The fourth-order valence-electron chi connectivity index (χ4n) is 1.52. The molecular weight excluding hydrogens is 158 g/mol. The highest BCUT2D eigenvalue weighted by atomic mass is 16.5. The van der Waals surface area contributed by atoms with E-state index in [4.69, 9.17) is 10.5 Å². The Morgan fingerprint density at radius 3 is 2.58 bits per heavy atom. The second-order valence-corrected chi connectivity index (χ2v) is 3.38. The van der Waals surface area contributed by atoms with E-state index >= 15 is 0 Å². The van der Waals surface area contributed by atoms with Crippen LogP contribution in [-0.2, 0) is 14.3 Å². The minimum absolute atomic E-state index is 0.222. The van der Waals surface area contributed by atoms with Crippen molar-refractivity contribution >= 4 is 5.97 Å². The first-order valence-corrected chi connectivity index (χ1v) is 3.98. The van der Waals surface area contributed by atoms with Crippen molar-refractivity contribution in [1.82, 2.24) is 0 Å². The molecule has 0 spiro atoms. The van der Waals surface area contributed by atoms with Crippen LogP contribution in [0.15, 0.2) is 0 Å². The molecule has 0 unspecified atom stereocenters. The Balaban J connectivity index is 2.30. The summed E-state index contributed by atoms with van der Waals surface area (Å²) >= 11 is 0. The van der Waals surface area contributed by atoms with E-state index in [-0.39, 0.29) is 17.6 Å². The Morgan fingerprint density at radius 2 is 2.17 bits per heavy atom. The van der Waals surface area contributed by atoms with Crippen molar-refractivity contribution < 1.29 is 14.3 Å². The molecule has 4 heteroatoms. The van der Waals surface area contributed by atoms with Gasteiger partial charge in [-0.15, -0.1) is 0 Å². The van der Waals surface area contributed by atoms with Gasteiger partial charge in [0.25, 0.3) is 0 Å². The summed E-state index contributed by atoms with van der Waals surface area (Å²) < 4.78 is 9.60. The first-order chi connectivity index (χ1) is 5.59. The molecular formula is C8H15NO3. The number of esters is 1. The lowest BCUT2D eigenvalue weighted by Crippen LogP contribution is -2.56. The molecule has 0 saturated heterocycles. The van der Waals surface area contributed by atoms with E-state index in [1.54, 1.807) is 7.11 Å². The summed E-state index contributed by atoms with van der Waals surface area (Å²) in [5.74, 6) is -0.243. The van der Waals surface area contributed by atoms with Crippen molar-refractivity contribution in [3.05, 3.63) is 0 Å². The van der Waals surface area contributed by atoms with Gasteiger partial charge in [-0.25, -0.2) is 0 Å². The van der Waals surface area contributed by atoms with Crippen LogP contribution in [0.25, 0.3) is 0 Å². The van der Waals surface area contributed by atoms with Gasteiger partial charge in [0.05, 0.1) is 19.6 Å². The Hall–Kier alpha value is -0.610. The number of nitrogens with two attached hydrogens (primary N) is 1. The van der Waals surface area contributed by atoms with Crippen LogP contribution in [0.4, 0.5) is 0 Å². The number of rotatable bonds is 3. The molecule has 0 bridgehead atoms. The van der Waals surface area contributed by atoms with Gasteiger partial charge in [0.15, 0.2) is 0 Å². The number of hydrogen-bond donors (Lipinski definition) is 1. The maximum Gasteiger partial charge on any atom is 0.307 e. The van der Waals surface area contributed by atoms with Gasteiger partial charge in [-0.05, 0) is 12.8 Å². The minimum Gasteiger partial charge on any atom is -0.469 e. The van der Waals surface area contributed by atoms with Gasteiger partial charge >= 0.3 is 5.97 Å². The lowest BCUT2D eigenvalue weighted by atomic mass is 9.73. The SMILES string of the molecule is COC(=O)CC1(N)CC(OC)C1. The molecule has 0 heterocycles. The molecule has 0 aromatic rings. The van der Waals surface area contributed by atoms with Crippen molar-refractivity contribution in [3.8, 4) is 0 Å². The Kier molecular flexibility index (Phi) is 2.69. The third-order valence-corrected chi connectivity index (χ3v) is 2.33. The fraction of sp³-hybridized carbons (Fsp3) is 0.875. The van der Waals surface area contributed by atoms with E-state index in [1.807, 2.05) is 0 Å².